The number of hydrogen-bond acceptors (Lipinski definition) is 0. The van der Waals surface area contributed by atoms with Crippen molar-refractivity contribution in [3.63, 3.8) is 0 Å². The third-order valence-corrected chi connectivity index (χ3v) is 4.93. The molecule has 0 aliphatic heterocycles. The molecular formula is C26H32Cl2HfSi-2. The first kappa shape index (κ1) is 29.3. The van der Waals surface area contributed by atoms with Crippen molar-refractivity contribution in [1.29, 1.82) is 0 Å². The summed E-state index contributed by atoms with van der Waals surface area (Å²) in [6.07, 6.45) is 0. The van der Waals surface area contributed by atoms with E-state index < -0.39 is 0 Å². The molecule has 0 saturated heterocycles. The average molecular weight is 622 g/mol. The summed E-state index contributed by atoms with van der Waals surface area (Å²) >= 11 is 1.45. The molecule has 0 heterocycles. The van der Waals surface area contributed by atoms with Gasteiger partial charge in [-0.15, -0.1) is 69.1 Å². The molecule has 0 amide bonds. The molecule has 0 nitrogen and oxygen atoms in total. The van der Waals surface area contributed by atoms with Crippen molar-refractivity contribution in [2.24, 2.45) is 0 Å². The molecule has 0 spiro atoms. The monoisotopic (exact) mass is 622 g/mol. The van der Waals surface area contributed by atoms with Gasteiger partial charge in [-0.05, 0) is 27.7 Å². The average Bonchev–Trinajstić information content (AvgIpc) is 3.09. The summed E-state index contributed by atoms with van der Waals surface area (Å²) in [5.41, 5.74) is 8.50. The van der Waals surface area contributed by atoms with Gasteiger partial charge in [0, 0.05) is 0 Å². The molecule has 160 valence electrons. The molecule has 4 aromatic carbocycles. The van der Waals surface area contributed by atoms with Gasteiger partial charge in [-0.25, -0.2) is 0 Å². The van der Waals surface area contributed by atoms with Crippen LogP contribution in [0.3, 0.4) is 0 Å². The van der Waals surface area contributed by atoms with E-state index in [2.05, 4.69) is 103 Å². The van der Waals surface area contributed by atoms with Crippen LogP contribution in [0.15, 0.2) is 48.5 Å². The van der Waals surface area contributed by atoms with Crippen LogP contribution >= 0.6 is 0 Å². The Morgan fingerprint density at radius 1 is 0.567 bits per heavy atom. The van der Waals surface area contributed by atoms with Crippen LogP contribution in [0.25, 0.3) is 21.5 Å². The van der Waals surface area contributed by atoms with Crippen molar-refractivity contribution in [3.8, 4) is 0 Å². The molecule has 0 fully saturated rings. The molecule has 4 heteroatoms. The van der Waals surface area contributed by atoms with Crippen molar-refractivity contribution in [2.45, 2.75) is 54.6 Å². The molecule has 0 aromatic heterocycles. The Bertz CT molecular complexity index is 953. The van der Waals surface area contributed by atoms with Crippen LogP contribution in [-0.2, 0) is 23.0 Å². The standard InChI is InChI=1S/2C12H13.C2H6Si.2ClH.Hf/c2*1-8-4-11-6-9(2)10(3)7-12(11)5-8;1-3-2;;;/h2*4-7H,1-3H3;1-2H3;2*1H;/q2*-1;;;;+2/p-2. The first-order valence-electron chi connectivity index (χ1n) is 9.87. The van der Waals surface area contributed by atoms with E-state index in [0.29, 0.717) is 0 Å². The summed E-state index contributed by atoms with van der Waals surface area (Å²) in [5.74, 6) is 0. The molecule has 0 radical (unpaired) electrons. The van der Waals surface area contributed by atoms with E-state index in [0.717, 1.165) is 0 Å². The zero-order chi connectivity index (χ0) is 21.0. The van der Waals surface area contributed by atoms with Gasteiger partial charge in [0.15, 0.2) is 0 Å². The van der Waals surface area contributed by atoms with Gasteiger partial charge >= 0.3 is 41.6 Å². The fourth-order valence-electron chi connectivity index (χ4n) is 3.29. The molecule has 4 rings (SSSR count). The van der Waals surface area contributed by atoms with Crippen molar-refractivity contribution in [2.75, 3.05) is 0 Å². The minimum absolute atomic E-state index is 0. The maximum Gasteiger partial charge on any atom is -0.0411 e. The summed E-state index contributed by atoms with van der Waals surface area (Å²) in [5, 5.41) is 5.48. The zero-order valence-electron chi connectivity index (χ0n) is 19.4. The van der Waals surface area contributed by atoms with E-state index in [4.69, 9.17) is 0 Å². The predicted molar refractivity (Wildman–Crippen MR) is 125 cm³/mol. The largest absolute Gasteiger partial charge is 1.00 e. The minimum atomic E-state index is 0. The maximum atomic E-state index is 2.33. The molecule has 0 aliphatic rings. The van der Waals surface area contributed by atoms with Crippen molar-refractivity contribution >= 4 is 27.0 Å². The minimum Gasteiger partial charge on any atom is -1.00 e. The summed E-state index contributed by atoms with van der Waals surface area (Å²) in [6, 6.07) is 18.0. The molecule has 0 saturated carbocycles. The summed E-state index contributed by atoms with van der Waals surface area (Å²) < 4.78 is 0. The Morgan fingerprint density at radius 3 is 1.13 bits per heavy atom. The summed E-state index contributed by atoms with van der Waals surface area (Å²) in [7, 11) is 0. The Labute approximate surface area is 210 Å². The van der Waals surface area contributed by atoms with Gasteiger partial charge < -0.3 is 24.8 Å². The summed E-state index contributed by atoms with van der Waals surface area (Å²) in [4.78, 5) is 0. The van der Waals surface area contributed by atoms with Crippen molar-refractivity contribution in [3.05, 3.63) is 81.9 Å². The van der Waals surface area contributed by atoms with Gasteiger partial charge in [0.2, 0.25) is 0 Å². The van der Waals surface area contributed by atoms with E-state index in [1.54, 1.807) is 0 Å². The topological polar surface area (TPSA) is 0 Å². The third kappa shape index (κ3) is 8.46. The van der Waals surface area contributed by atoms with Crippen molar-refractivity contribution < 1.29 is 47.8 Å². The molecular weight excluding hydrogens is 590 g/mol. The second kappa shape index (κ2) is 13.0. The molecule has 0 bridgehead atoms. The van der Waals surface area contributed by atoms with Crippen LogP contribution in [0.5, 0.6) is 0 Å². The van der Waals surface area contributed by atoms with E-state index in [1.807, 2.05) is 0 Å². The van der Waals surface area contributed by atoms with Crippen LogP contribution in [0.2, 0.25) is 13.1 Å². The van der Waals surface area contributed by atoms with Crippen LogP contribution < -0.4 is 24.8 Å². The smallest absolute Gasteiger partial charge is 0.0411 e. The second-order valence-corrected chi connectivity index (χ2v) is 21.0. The van der Waals surface area contributed by atoms with Gasteiger partial charge in [0.25, 0.3) is 0 Å². The number of benzene rings is 2. The predicted octanol–water partition coefficient (Wildman–Crippen LogP) is 1.76. The van der Waals surface area contributed by atoms with Crippen LogP contribution in [0, 0.1) is 41.5 Å². The van der Waals surface area contributed by atoms with Crippen molar-refractivity contribution in [1.82, 2.24) is 0 Å². The number of hydrogen-bond donors (Lipinski definition) is 0. The zero-order valence-corrected chi connectivity index (χ0v) is 25.5. The Morgan fingerprint density at radius 2 is 0.833 bits per heavy atom. The van der Waals surface area contributed by atoms with Crippen LogP contribution in [0.1, 0.15) is 33.4 Å². The summed E-state index contributed by atoms with van der Waals surface area (Å²) in [6.45, 7) is 17.6. The second-order valence-electron chi connectivity index (χ2n) is 8.20. The SMILES string of the molecule is C[Si](C)=[Hf+2].Cc1cc2cc(C)c(C)cc2[cH-]1.Cc1cc2cc(C)c(C)cc2[cH-]1.[Cl-].[Cl-]. The van der Waals surface area contributed by atoms with E-state index >= 15 is 0 Å². The Hall–Kier alpha value is -0.673. The molecule has 4 aromatic rings. The number of rotatable bonds is 0. The van der Waals surface area contributed by atoms with E-state index in [9.17, 15) is 0 Å². The van der Waals surface area contributed by atoms with Crippen LogP contribution in [0.4, 0.5) is 0 Å². The molecule has 0 atom stereocenters. The maximum absolute atomic E-state index is 2.33. The van der Waals surface area contributed by atoms with Gasteiger partial charge in [0.1, 0.15) is 0 Å². The first-order chi connectivity index (χ1) is 13.1. The fourth-order valence-corrected chi connectivity index (χ4v) is 3.29. The van der Waals surface area contributed by atoms with Crippen LogP contribution in [-0.4, -0.2) is 5.49 Å². The molecule has 0 N–H and O–H groups in total. The van der Waals surface area contributed by atoms with Gasteiger partial charge in [-0.2, -0.15) is 12.1 Å². The van der Waals surface area contributed by atoms with Gasteiger partial charge in [-0.1, -0.05) is 36.1 Å². The normalized spacial score (nSPS) is 9.67. The molecule has 0 unspecified atom stereocenters. The fraction of sp³-hybridized carbons (Fsp3) is 0.308. The third-order valence-electron chi connectivity index (χ3n) is 4.93. The molecule has 30 heavy (non-hydrogen) atoms. The Balaban J connectivity index is 0.000000452. The Kier molecular flexibility index (Phi) is 12.7. The molecule has 0 aliphatic carbocycles. The number of fused-ring (bicyclic) bond motifs is 2. The van der Waals surface area contributed by atoms with E-state index in [1.165, 1.54) is 77.9 Å². The van der Waals surface area contributed by atoms with Gasteiger partial charge in [-0.3, -0.25) is 0 Å². The number of halogens is 2. The van der Waals surface area contributed by atoms with E-state index in [-0.39, 0.29) is 30.3 Å². The van der Waals surface area contributed by atoms with Gasteiger partial charge in [0.05, 0.1) is 0 Å². The quantitative estimate of drug-likeness (QED) is 0.208. The number of aryl methyl sites for hydroxylation is 6. The first-order valence-corrected chi connectivity index (χ1v) is 17.8.